The number of rotatable bonds is 7. The minimum absolute atomic E-state index is 0.0102. The Labute approximate surface area is 129 Å². The summed E-state index contributed by atoms with van der Waals surface area (Å²) in [6, 6.07) is 12.8. The Bertz CT molecular complexity index is 614. The molecule has 2 rings (SSSR count). The van der Waals surface area contributed by atoms with Crippen LogP contribution in [0.15, 0.2) is 54.9 Å². The summed E-state index contributed by atoms with van der Waals surface area (Å²) in [5.74, 6) is -0.223. The number of carbonyl (C=O) groups excluding carboxylic acids is 2. The average Bonchev–Trinajstić information content (AvgIpc) is 2.59. The highest BCUT2D eigenvalue weighted by Crippen LogP contribution is 2.19. The van der Waals surface area contributed by atoms with Gasteiger partial charge in [-0.1, -0.05) is 30.3 Å². The van der Waals surface area contributed by atoms with Crippen LogP contribution >= 0.6 is 0 Å². The summed E-state index contributed by atoms with van der Waals surface area (Å²) < 4.78 is 0. The maximum atomic E-state index is 12.2. The van der Waals surface area contributed by atoms with Crippen LogP contribution < -0.4 is 11.1 Å². The molecule has 1 aromatic heterocycles. The number of pyridine rings is 1. The first-order chi connectivity index (χ1) is 10.7. The van der Waals surface area contributed by atoms with Crippen molar-refractivity contribution < 1.29 is 9.59 Å². The van der Waals surface area contributed by atoms with E-state index in [1.54, 1.807) is 24.5 Å². The molecule has 0 saturated carbocycles. The monoisotopic (exact) mass is 297 g/mol. The van der Waals surface area contributed by atoms with Gasteiger partial charge in [-0.2, -0.15) is 0 Å². The lowest BCUT2D eigenvalue weighted by molar-refractivity contribution is -0.120. The van der Waals surface area contributed by atoms with Crippen molar-refractivity contribution in [3.8, 4) is 0 Å². The van der Waals surface area contributed by atoms with E-state index in [-0.39, 0.29) is 24.3 Å². The molecule has 2 aromatic rings. The zero-order valence-corrected chi connectivity index (χ0v) is 12.2. The molecule has 1 amide bonds. The van der Waals surface area contributed by atoms with Gasteiger partial charge in [-0.15, -0.1) is 0 Å². The van der Waals surface area contributed by atoms with E-state index in [9.17, 15) is 9.59 Å². The number of nitrogens with zero attached hydrogens (tertiary/aromatic N) is 1. The highest BCUT2D eigenvalue weighted by atomic mass is 16.2. The third kappa shape index (κ3) is 4.49. The summed E-state index contributed by atoms with van der Waals surface area (Å²) in [4.78, 5) is 27.7. The minimum Gasteiger partial charge on any atom is -0.348 e. The Hall–Kier alpha value is -2.53. The number of nitrogens with one attached hydrogen (secondary N) is 1. The summed E-state index contributed by atoms with van der Waals surface area (Å²) in [6.45, 7) is -0.0696. The van der Waals surface area contributed by atoms with Crippen LogP contribution in [-0.2, 0) is 4.79 Å². The molecule has 0 aliphatic rings. The van der Waals surface area contributed by atoms with Gasteiger partial charge >= 0.3 is 0 Å². The molecule has 1 heterocycles. The molecule has 0 unspecified atom stereocenters. The molecule has 0 aliphatic heterocycles. The molecular weight excluding hydrogens is 278 g/mol. The van der Waals surface area contributed by atoms with Crippen LogP contribution in [-0.4, -0.2) is 23.2 Å². The molecule has 3 N–H and O–H groups in total. The predicted molar refractivity (Wildman–Crippen MR) is 84.2 cm³/mol. The van der Waals surface area contributed by atoms with Crippen molar-refractivity contribution in [2.45, 2.75) is 18.9 Å². The Kier molecular flexibility index (Phi) is 5.80. The average molecular weight is 297 g/mol. The number of hydrogen-bond donors (Lipinski definition) is 2. The summed E-state index contributed by atoms with van der Waals surface area (Å²) in [7, 11) is 0. The van der Waals surface area contributed by atoms with Crippen LogP contribution in [0.3, 0.4) is 0 Å². The van der Waals surface area contributed by atoms with Gasteiger partial charge < -0.3 is 11.1 Å². The van der Waals surface area contributed by atoms with Gasteiger partial charge in [0.25, 0.3) is 0 Å². The van der Waals surface area contributed by atoms with Crippen LogP contribution in [0.1, 0.15) is 34.8 Å². The van der Waals surface area contributed by atoms with E-state index in [2.05, 4.69) is 10.3 Å². The van der Waals surface area contributed by atoms with Gasteiger partial charge in [-0.25, -0.2) is 0 Å². The minimum atomic E-state index is -0.234. The van der Waals surface area contributed by atoms with Gasteiger partial charge in [0, 0.05) is 24.4 Å². The quantitative estimate of drug-likeness (QED) is 0.764. The van der Waals surface area contributed by atoms with E-state index in [4.69, 9.17) is 5.73 Å². The van der Waals surface area contributed by atoms with Crippen LogP contribution in [0.5, 0.6) is 0 Å². The van der Waals surface area contributed by atoms with Crippen molar-refractivity contribution >= 4 is 11.7 Å². The number of hydrogen-bond acceptors (Lipinski definition) is 4. The summed E-state index contributed by atoms with van der Waals surface area (Å²) in [6.07, 6.45) is 4.03. The number of amides is 1. The van der Waals surface area contributed by atoms with Gasteiger partial charge in [0.2, 0.25) is 5.91 Å². The van der Waals surface area contributed by atoms with Gasteiger partial charge in [0.1, 0.15) is 0 Å². The zero-order chi connectivity index (χ0) is 15.8. The lowest BCUT2D eigenvalue weighted by atomic mass is 9.98. The van der Waals surface area contributed by atoms with Crippen molar-refractivity contribution in [1.82, 2.24) is 10.3 Å². The summed E-state index contributed by atoms with van der Waals surface area (Å²) >= 11 is 0. The number of Topliss-reactive ketones (excluding diaryl/α,β-unsaturated/α-hetero) is 1. The molecule has 5 nitrogen and oxygen atoms in total. The second kappa shape index (κ2) is 8.05. The summed E-state index contributed by atoms with van der Waals surface area (Å²) in [5, 5.41) is 2.86. The van der Waals surface area contributed by atoms with Gasteiger partial charge in [0.05, 0.1) is 12.6 Å². The smallest absolute Gasteiger partial charge is 0.234 e. The molecule has 0 radical (unpaired) electrons. The first kappa shape index (κ1) is 15.9. The Morgan fingerprint density at radius 2 is 1.91 bits per heavy atom. The molecule has 1 aromatic carbocycles. The SMILES string of the molecule is NCC(=O)N[C@H](CCC(=O)c1cccnc1)c1ccccc1. The highest BCUT2D eigenvalue weighted by Gasteiger charge is 2.16. The van der Waals surface area contributed by atoms with Crippen molar-refractivity contribution in [1.29, 1.82) is 0 Å². The van der Waals surface area contributed by atoms with E-state index >= 15 is 0 Å². The fourth-order valence-corrected chi connectivity index (χ4v) is 2.21. The molecule has 22 heavy (non-hydrogen) atoms. The van der Waals surface area contributed by atoms with Gasteiger partial charge in [-0.3, -0.25) is 14.6 Å². The van der Waals surface area contributed by atoms with Crippen LogP contribution in [0.4, 0.5) is 0 Å². The topological polar surface area (TPSA) is 85.1 Å². The van der Waals surface area contributed by atoms with Gasteiger partial charge in [0.15, 0.2) is 5.78 Å². The number of benzene rings is 1. The molecule has 1 atom stereocenters. The first-order valence-electron chi connectivity index (χ1n) is 7.18. The van der Waals surface area contributed by atoms with Gasteiger partial charge in [-0.05, 0) is 24.1 Å². The predicted octanol–water partition coefficient (Wildman–Crippen LogP) is 1.86. The zero-order valence-electron chi connectivity index (χ0n) is 12.2. The third-order valence-corrected chi connectivity index (χ3v) is 3.37. The molecule has 0 aliphatic carbocycles. The molecule has 0 spiro atoms. The van der Waals surface area contributed by atoms with E-state index in [1.165, 1.54) is 0 Å². The number of carbonyl (C=O) groups is 2. The van der Waals surface area contributed by atoms with Crippen molar-refractivity contribution in [3.63, 3.8) is 0 Å². The molecule has 0 fully saturated rings. The van der Waals surface area contributed by atoms with E-state index in [1.807, 2.05) is 30.3 Å². The largest absolute Gasteiger partial charge is 0.348 e. The molecule has 114 valence electrons. The molecule has 5 heteroatoms. The Balaban J connectivity index is 2.04. The van der Waals surface area contributed by atoms with Crippen LogP contribution in [0.2, 0.25) is 0 Å². The maximum Gasteiger partial charge on any atom is 0.234 e. The Morgan fingerprint density at radius 3 is 2.55 bits per heavy atom. The second-order valence-corrected chi connectivity index (χ2v) is 4.94. The Morgan fingerprint density at radius 1 is 1.14 bits per heavy atom. The molecule has 0 saturated heterocycles. The highest BCUT2D eigenvalue weighted by molar-refractivity contribution is 5.95. The summed E-state index contributed by atoms with van der Waals surface area (Å²) in [5.41, 5.74) is 6.90. The lowest BCUT2D eigenvalue weighted by Crippen LogP contribution is -2.34. The standard InChI is InChI=1S/C17H19N3O2/c18-11-17(22)20-15(13-5-2-1-3-6-13)8-9-16(21)14-7-4-10-19-12-14/h1-7,10,12,15H,8-9,11,18H2,(H,20,22)/t15-/m1/s1. The number of nitrogens with two attached hydrogens (primary N) is 1. The second-order valence-electron chi connectivity index (χ2n) is 4.94. The van der Waals surface area contributed by atoms with Crippen molar-refractivity contribution in [2.75, 3.05) is 6.54 Å². The van der Waals surface area contributed by atoms with E-state index in [0.29, 0.717) is 18.4 Å². The number of ketones is 1. The fourth-order valence-electron chi connectivity index (χ4n) is 2.21. The normalized spacial score (nSPS) is 11.7. The first-order valence-corrected chi connectivity index (χ1v) is 7.18. The maximum absolute atomic E-state index is 12.2. The fraction of sp³-hybridized carbons (Fsp3) is 0.235. The van der Waals surface area contributed by atoms with E-state index in [0.717, 1.165) is 5.56 Å². The lowest BCUT2D eigenvalue weighted by Gasteiger charge is -2.18. The number of aromatic nitrogens is 1. The van der Waals surface area contributed by atoms with Crippen molar-refractivity contribution in [2.24, 2.45) is 5.73 Å². The van der Waals surface area contributed by atoms with Crippen molar-refractivity contribution in [3.05, 3.63) is 66.0 Å². The van der Waals surface area contributed by atoms with Crippen LogP contribution in [0, 0.1) is 0 Å². The van der Waals surface area contributed by atoms with E-state index < -0.39 is 0 Å². The van der Waals surface area contributed by atoms with Crippen LogP contribution in [0.25, 0.3) is 0 Å². The molecular formula is C17H19N3O2. The third-order valence-electron chi connectivity index (χ3n) is 3.37. The molecule has 0 bridgehead atoms.